The van der Waals surface area contributed by atoms with Gasteiger partial charge in [0.15, 0.2) is 0 Å². The van der Waals surface area contributed by atoms with E-state index in [1.807, 2.05) is 30.1 Å². The van der Waals surface area contributed by atoms with Crippen LogP contribution in [-0.4, -0.2) is 58.0 Å². The topological polar surface area (TPSA) is 76.6 Å². The number of hydrogen-bond donors (Lipinski definition) is 2. The number of aryl methyl sites for hydroxylation is 1. The first-order chi connectivity index (χ1) is 18.3. The molecule has 6 rings (SSSR count). The molecule has 0 bridgehead atoms. The molecule has 3 fully saturated rings. The number of hydrogen-bond acceptors (Lipinski definition) is 4. The summed E-state index contributed by atoms with van der Waals surface area (Å²) in [5.41, 5.74) is 4.36. The molecule has 6 heteroatoms. The summed E-state index contributed by atoms with van der Waals surface area (Å²) in [5.74, 6) is 1.33. The van der Waals surface area contributed by atoms with E-state index in [1.54, 1.807) is 6.07 Å². The summed E-state index contributed by atoms with van der Waals surface area (Å²) in [5, 5.41) is 10.5. The van der Waals surface area contributed by atoms with Crippen LogP contribution in [-0.2, 0) is 18.3 Å². The molecule has 2 heterocycles. The molecule has 204 valence electrons. The third-order valence-electron chi connectivity index (χ3n) is 10.5. The smallest absolute Gasteiger partial charge is 0.261 e. The zero-order chi connectivity index (χ0) is 26.6. The molecule has 4 aliphatic rings. The lowest BCUT2D eigenvalue weighted by atomic mass is 9.55. The highest BCUT2D eigenvalue weighted by Gasteiger charge is 2.51. The van der Waals surface area contributed by atoms with E-state index in [-0.39, 0.29) is 28.5 Å². The number of carbonyl (C=O) groups excluding carboxylic acids is 1. The standard InChI is InChI=1S/C32H43N3O3/c1-20-9-12-25(36)17-27(20)32-13-14-35(19-22-10-11-22)21(2)28(32)16-23-15-26(30(37)33-29(23)18-32)31(38)34(3)24-7-5-4-6-8-24/h9,12,15,17,21-22,24,28,36H,4-8,10-11,13-14,16,18-19H2,1-3H3,(H,33,37)/t21?,28-,32+/m0/s1. The second kappa shape index (κ2) is 9.86. The number of phenolic OH excluding ortho intramolecular Hbond substituents is 1. The number of pyridine rings is 1. The van der Waals surface area contributed by atoms with Gasteiger partial charge in [-0.3, -0.25) is 9.59 Å². The first-order valence-electron chi connectivity index (χ1n) is 14.8. The van der Waals surface area contributed by atoms with E-state index in [2.05, 4.69) is 23.7 Å². The lowest BCUT2D eigenvalue weighted by Crippen LogP contribution is -2.59. The number of benzene rings is 1. The molecule has 1 aromatic heterocycles. The van der Waals surface area contributed by atoms with Crippen molar-refractivity contribution in [3.63, 3.8) is 0 Å². The molecule has 1 amide bonds. The number of nitrogens with one attached hydrogen (secondary N) is 1. The SMILES string of the molecule is Cc1ccc(O)cc1[C@]12CCN(CC3CC3)C(C)[C@@H]1Cc1cc(C(=O)N(C)C3CCCCC3)c(=O)[nH]c1C2. The van der Waals surface area contributed by atoms with Crippen LogP contribution in [0.3, 0.4) is 0 Å². The van der Waals surface area contributed by atoms with Gasteiger partial charge in [0.05, 0.1) is 0 Å². The van der Waals surface area contributed by atoms with Crippen molar-refractivity contribution in [2.45, 2.75) is 95.6 Å². The van der Waals surface area contributed by atoms with Gasteiger partial charge in [0.2, 0.25) is 0 Å². The van der Waals surface area contributed by atoms with Gasteiger partial charge in [-0.05, 0) is 112 Å². The number of aromatic hydroxyl groups is 1. The van der Waals surface area contributed by atoms with Crippen LogP contribution in [0.1, 0.15) is 91.0 Å². The number of likely N-dealkylation sites (tertiary alicyclic amines) is 1. The third-order valence-corrected chi connectivity index (χ3v) is 10.5. The lowest BCUT2D eigenvalue weighted by Gasteiger charge is -2.55. The summed E-state index contributed by atoms with van der Waals surface area (Å²) < 4.78 is 0. The van der Waals surface area contributed by atoms with Gasteiger partial charge in [-0.1, -0.05) is 25.3 Å². The van der Waals surface area contributed by atoms with Crippen molar-refractivity contribution in [1.82, 2.24) is 14.8 Å². The second-order valence-corrected chi connectivity index (χ2v) is 12.8. The average molecular weight is 518 g/mol. The highest BCUT2D eigenvalue weighted by molar-refractivity contribution is 5.94. The van der Waals surface area contributed by atoms with Gasteiger partial charge < -0.3 is 19.9 Å². The van der Waals surface area contributed by atoms with E-state index in [1.165, 1.54) is 36.9 Å². The summed E-state index contributed by atoms with van der Waals surface area (Å²) in [6.45, 7) is 6.72. The van der Waals surface area contributed by atoms with E-state index >= 15 is 0 Å². The molecule has 6 nitrogen and oxygen atoms in total. The highest BCUT2D eigenvalue weighted by atomic mass is 16.3. The van der Waals surface area contributed by atoms with Gasteiger partial charge in [-0.25, -0.2) is 0 Å². The Hall–Kier alpha value is -2.60. The molecule has 0 spiro atoms. The summed E-state index contributed by atoms with van der Waals surface area (Å²) in [7, 11) is 1.87. The Kier molecular flexibility index (Phi) is 6.66. The Bertz CT molecular complexity index is 1280. The maximum Gasteiger partial charge on any atom is 0.261 e. The number of piperidine rings is 1. The van der Waals surface area contributed by atoms with Gasteiger partial charge in [0.1, 0.15) is 11.3 Å². The Morgan fingerprint density at radius 1 is 1.16 bits per heavy atom. The minimum absolute atomic E-state index is 0.145. The monoisotopic (exact) mass is 517 g/mol. The van der Waals surface area contributed by atoms with E-state index in [9.17, 15) is 14.7 Å². The summed E-state index contributed by atoms with van der Waals surface area (Å²) in [6, 6.07) is 8.29. The number of nitrogens with zero attached hydrogens (tertiary/aromatic N) is 2. The molecule has 0 radical (unpaired) electrons. The van der Waals surface area contributed by atoms with Crippen molar-refractivity contribution >= 4 is 5.91 Å². The van der Waals surface area contributed by atoms with Gasteiger partial charge in [-0.15, -0.1) is 0 Å². The molecule has 1 aromatic carbocycles. The van der Waals surface area contributed by atoms with Crippen LogP contribution in [0.4, 0.5) is 0 Å². The molecular formula is C32H43N3O3. The first kappa shape index (κ1) is 25.7. The van der Waals surface area contributed by atoms with Crippen molar-refractivity contribution in [3.8, 4) is 5.75 Å². The highest BCUT2D eigenvalue weighted by Crippen LogP contribution is 2.51. The number of rotatable bonds is 5. The molecule has 2 saturated carbocycles. The Morgan fingerprint density at radius 3 is 2.66 bits per heavy atom. The van der Waals surface area contributed by atoms with Crippen molar-refractivity contribution in [1.29, 1.82) is 0 Å². The van der Waals surface area contributed by atoms with Gasteiger partial charge >= 0.3 is 0 Å². The molecule has 3 aliphatic carbocycles. The molecule has 1 aliphatic heterocycles. The average Bonchev–Trinajstić information content (AvgIpc) is 3.74. The van der Waals surface area contributed by atoms with Crippen LogP contribution < -0.4 is 5.56 Å². The minimum Gasteiger partial charge on any atom is -0.508 e. The minimum atomic E-state index is -0.267. The molecule has 2 aromatic rings. The third kappa shape index (κ3) is 4.49. The fourth-order valence-corrected chi connectivity index (χ4v) is 7.99. The van der Waals surface area contributed by atoms with E-state index in [0.717, 1.165) is 68.7 Å². The largest absolute Gasteiger partial charge is 0.508 e. The van der Waals surface area contributed by atoms with Crippen LogP contribution >= 0.6 is 0 Å². The zero-order valence-electron chi connectivity index (χ0n) is 23.3. The number of carbonyl (C=O) groups is 1. The Morgan fingerprint density at radius 2 is 1.92 bits per heavy atom. The number of H-pyrrole nitrogens is 1. The van der Waals surface area contributed by atoms with Crippen molar-refractivity contribution in [2.24, 2.45) is 11.8 Å². The van der Waals surface area contributed by atoms with Crippen LogP contribution in [0.25, 0.3) is 0 Å². The molecule has 1 saturated heterocycles. The number of phenols is 1. The van der Waals surface area contributed by atoms with Crippen LogP contribution in [0.15, 0.2) is 29.1 Å². The quantitative estimate of drug-likeness (QED) is 0.588. The summed E-state index contributed by atoms with van der Waals surface area (Å²) >= 11 is 0. The maximum absolute atomic E-state index is 13.5. The number of aromatic nitrogens is 1. The van der Waals surface area contributed by atoms with E-state index in [0.29, 0.717) is 17.7 Å². The Labute approximate surface area is 226 Å². The van der Waals surface area contributed by atoms with Crippen LogP contribution in [0.2, 0.25) is 0 Å². The van der Waals surface area contributed by atoms with Gasteiger partial charge in [0, 0.05) is 36.8 Å². The number of fused-ring (bicyclic) bond motifs is 2. The molecule has 3 atom stereocenters. The van der Waals surface area contributed by atoms with Crippen molar-refractivity contribution in [2.75, 3.05) is 20.1 Å². The van der Waals surface area contributed by atoms with Crippen LogP contribution in [0.5, 0.6) is 5.75 Å². The fraction of sp³-hybridized carbons (Fsp3) is 0.625. The van der Waals surface area contributed by atoms with Crippen molar-refractivity contribution < 1.29 is 9.90 Å². The van der Waals surface area contributed by atoms with Gasteiger partial charge in [0.25, 0.3) is 11.5 Å². The van der Waals surface area contributed by atoms with E-state index < -0.39 is 0 Å². The number of amides is 1. The molecule has 2 N–H and O–H groups in total. The zero-order valence-corrected chi connectivity index (χ0v) is 23.3. The fourth-order valence-electron chi connectivity index (χ4n) is 7.99. The molecular weight excluding hydrogens is 474 g/mol. The normalized spacial score (nSPS) is 28.0. The first-order valence-corrected chi connectivity index (χ1v) is 14.8. The number of aromatic amines is 1. The maximum atomic E-state index is 13.5. The van der Waals surface area contributed by atoms with Crippen molar-refractivity contribution in [3.05, 3.63) is 62.6 Å². The lowest BCUT2D eigenvalue weighted by molar-refractivity contribution is 0.0246. The summed E-state index contributed by atoms with van der Waals surface area (Å²) in [4.78, 5) is 34.5. The molecule has 38 heavy (non-hydrogen) atoms. The predicted molar refractivity (Wildman–Crippen MR) is 150 cm³/mol. The van der Waals surface area contributed by atoms with E-state index in [4.69, 9.17) is 0 Å². The van der Waals surface area contributed by atoms with Gasteiger partial charge in [-0.2, -0.15) is 0 Å². The summed E-state index contributed by atoms with van der Waals surface area (Å²) in [6.07, 6.45) is 10.8. The van der Waals surface area contributed by atoms with Crippen LogP contribution in [0, 0.1) is 18.8 Å². The predicted octanol–water partition coefficient (Wildman–Crippen LogP) is 4.95. The Balaban J connectivity index is 1.38. The molecule has 1 unspecified atom stereocenters. The second-order valence-electron chi connectivity index (χ2n) is 12.8.